The third-order valence-corrected chi connectivity index (χ3v) is 4.98. The van der Waals surface area contributed by atoms with Crippen molar-refractivity contribution in [1.82, 2.24) is 4.90 Å². The largest absolute Gasteiger partial charge is 0.465 e. The number of nitrogens with one attached hydrogen (secondary N) is 1. The number of hydrogen-bond acceptors (Lipinski definition) is 4. The maximum absolute atomic E-state index is 12.6. The van der Waals surface area contributed by atoms with E-state index in [2.05, 4.69) is 11.4 Å². The second-order valence-electron chi connectivity index (χ2n) is 6.55. The highest BCUT2D eigenvalue weighted by molar-refractivity contribution is 5.93. The van der Waals surface area contributed by atoms with Crippen LogP contribution in [-0.2, 0) is 10.2 Å². The third-order valence-electron chi connectivity index (χ3n) is 4.98. The molecule has 2 aromatic rings. The lowest BCUT2D eigenvalue weighted by molar-refractivity contribution is 0.0600. The Kier molecular flexibility index (Phi) is 5.41. The number of ether oxygens (including phenoxy) is 1. The predicted octanol–water partition coefficient (Wildman–Crippen LogP) is 3.56. The standard InChI is InChI=1S/C21H21N3O3/c1-27-19(25)16-6-5-9-18(14-16)23-20(26)24-12-10-21(15-22,11-13-24)17-7-3-2-4-8-17/h2-9,14H,10-13H2,1H3,(H,23,26). The molecule has 1 aliphatic heterocycles. The van der Waals surface area contributed by atoms with E-state index in [-0.39, 0.29) is 6.03 Å². The van der Waals surface area contributed by atoms with E-state index in [9.17, 15) is 14.9 Å². The summed E-state index contributed by atoms with van der Waals surface area (Å²) in [5.74, 6) is -0.453. The first kappa shape index (κ1) is 18.5. The van der Waals surface area contributed by atoms with E-state index in [4.69, 9.17) is 4.74 Å². The molecular formula is C21H21N3O3. The Bertz CT molecular complexity index is 866. The highest BCUT2D eigenvalue weighted by Gasteiger charge is 2.37. The van der Waals surface area contributed by atoms with Crippen LogP contribution in [0.25, 0.3) is 0 Å². The molecule has 3 rings (SSSR count). The molecule has 1 aliphatic rings. The molecule has 0 radical (unpaired) electrons. The van der Waals surface area contributed by atoms with E-state index < -0.39 is 11.4 Å². The smallest absolute Gasteiger partial charge is 0.337 e. The minimum atomic E-state index is -0.553. The van der Waals surface area contributed by atoms with Crippen molar-refractivity contribution >= 4 is 17.7 Å². The van der Waals surface area contributed by atoms with Crippen LogP contribution in [0.3, 0.4) is 0 Å². The van der Waals surface area contributed by atoms with Crippen LogP contribution in [-0.4, -0.2) is 37.1 Å². The van der Waals surface area contributed by atoms with E-state index in [0.29, 0.717) is 37.2 Å². The summed E-state index contributed by atoms with van der Waals surface area (Å²) in [6.45, 7) is 0.982. The van der Waals surface area contributed by atoms with Crippen LogP contribution < -0.4 is 5.32 Å². The van der Waals surface area contributed by atoms with E-state index >= 15 is 0 Å². The molecule has 2 amide bonds. The van der Waals surface area contributed by atoms with Gasteiger partial charge in [0.1, 0.15) is 0 Å². The van der Waals surface area contributed by atoms with Gasteiger partial charge in [-0.25, -0.2) is 9.59 Å². The van der Waals surface area contributed by atoms with Crippen LogP contribution in [0.15, 0.2) is 54.6 Å². The fourth-order valence-electron chi connectivity index (χ4n) is 3.36. The predicted molar refractivity (Wildman–Crippen MR) is 101 cm³/mol. The summed E-state index contributed by atoms with van der Waals surface area (Å²) in [6, 6.07) is 18.6. The molecule has 0 saturated carbocycles. The van der Waals surface area contributed by atoms with E-state index in [0.717, 1.165) is 5.56 Å². The fourth-order valence-corrected chi connectivity index (χ4v) is 3.36. The Balaban J connectivity index is 1.65. The van der Waals surface area contributed by atoms with Gasteiger partial charge in [-0.05, 0) is 36.6 Å². The lowest BCUT2D eigenvalue weighted by Crippen LogP contribution is -2.46. The van der Waals surface area contributed by atoms with Crippen molar-refractivity contribution < 1.29 is 14.3 Å². The minimum Gasteiger partial charge on any atom is -0.465 e. The molecule has 27 heavy (non-hydrogen) atoms. The molecule has 0 aliphatic carbocycles. The van der Waals surface area contributed by atoms with Gasteiger partial charge < -0.3 is 15.0 Å². The molecule has 6 nitrogen and oxygen atoms in total. The van der Waals surface area contributed by atoms with Gasteiger partial charge in [0, 0.05) is 18.8 Å². The van der Waals surface area contributed by atoms with Crippen molar-refractivity contribution in [2.24, 2.45) is 0 Å². The maximum atomic E-state index is 12.6. The van der Waals surface area contributed by atoms with Gasteiger partial charge in [-0.1, -0.05) is 36.4 Å². The number of anilines is 1. The fraction of sp³-hybridized carbons (Fsp3) is 0.286. The van der Waals surface area contributed by atoms with Crippen LogP contribution >= 0.6 is 0 Å². The molecule has 0 atom stereocenters. The Morgan fingerprint density at radius 2 is 1.81 bits per heavy atom. The van der Waals surface area contributed by atoms with E-state index in [1.54, 1.807) is 29.2 Å². The number of urea groups is 1. The average Bonchev–Trinajstić information content (AvgIpc) is 2.74. The first-order valence-electron chi connectivity index (χ1n) is 8.79. The second-order valence-corrected chi connectivity index (χ2v) is 6.55. The lowest BCUT2D eigenvalue weighted by atomic mass is 9.74. The topological polar surface area (TPSA) is 82.4 Å². The molecule has 2 aromatic carbocycles. The van der Waals surface area contributed by atoms with Gasteiger partial charge in [-0.2, -0.15) is 5.26 Å². The quantitative estimate of drug-likeness (QED) is 0.845. The Labute approximate surface area is 158 Å². The Morgan fingerprint density at radius 1 is 1.11 bits per heavy atom. The summed E-state index contributed by atoms with van der Waals surface area (Å²) in [5, 5.41) is 12.6. The van der Waals surface area contributed by atoms with Gasteiger partial charge in [-0.15, -0.1) is 0 Å². The van der Waals surface area contributed by atoms with Crippen molar-refractivity contribution in [2.45, 2.75) is 18.3 Å². The van der Waals surface area contributed by atoms with Crippen LogP contribution in [0.4, 0.5) is 10.5 Å². The van der Waals surface area contributed by atoms with Gasteiger partial charge in [0.2, 0.25) is 0 Å². The molecule has 0 aromatic heterocycles. The molecule has 6 heteroatoms. The molecule has 0 unspecified atom stereocenters. The van der Waals surface area contributed by atoms with Crippen molar-refractivity contribution in [3.05, 3.63) is 65.7 Å². The van der Waals surface area contributed by atoms with Crippen LogP contribution in [0.1, 0.15) is 28.8 Å². The van der Waals surface area contributed by atoms with Crippen molar-refractivity contribution in [3.63, 3.8) is 0 Å². The third kappa shape index (κ3) is 3.93. The number of carbonyl (C=O) groups is 2. The maximum Gasteiger partial charge on any atom is 0.337 e. The number of likely N-dealkylation sites (tertiary alicyclic amines) is 1. The zero-order valence-corrected chi connectivity index (χ0v) is 15.1. The zero-order valence-electron chi connectivity index (χ0n) is 15.1. The Hall–Kier alpha value is -3.33. The highest BCUT2D eigenvalue weighted by atomic mass is 16.5. The molecular weight excluding hydrogens is 342 g/mol. The lowest BCUT2D eigenvalue weighted by Gasteiger charge is -2.37. The molecule has 1 saturated heterocycles. The molecule has 0 bridgehead atoms. The Morgan fingerprint density at radius 3 is 2.44 bits per heavy atom. The summed E-state index contributed by atoms with van der Waals surface area (Å²) < 4.78 is 4.70. The summed E-state index contributed by atoms with van der Waals surface area (Å²) in [5.41, 5.74) is 1.35. The number of methoxy groups -OCH3 is 1. The summed E-state index contributed by atoms with van der Waals surface area (Å²) in [4.78, 5) is 25.9. The van der Waals surface area contributed by atoms with Crippen molar-refractivity contribution in [2.75, 3.05) is 25.5 Å². The minimum absolute atomic E-state index is 0.239. The number of amides is 2. The number of nitriles is 1. The van der Waals surface area contributed by atoms with Gasteiger partial charge in [0.25, 0.3) is 0 Å². The van der Waals surface area contributed by atoms with Crippen LogP contribution in [0, 0.1) is 11.3 Å². The molecule has 1 heterocycles. The summed E-state index contributed by atoms with van der Waals surface area (Å²) in [6.07, 6.45) is 1.17. The van der Waals surface area contributed by atoms with E-state index in [1.807, 2.05) is 30.3 Å². The number of nitrogens with zero attached hydrogens (tertiary/aromatic N) is 2. The number of carbonyl (C=O) groups excluding carboxylic acids is 2. The van der Waals surface area contributed by atoms with Gasteiger partial charge >= 0.3 is 12.0 Å². The average molecular weight is 363 g/mol. The SMILES string of the molecule is COC(=O)c1cccc(NC(=O)N2CCC(C#N)(c3ccccc3)CC2)c1. The summed E-state index contributed by atoms with van der Waals surface area (Å²) >= 11 is 0. The highest BCUT2D eigenvalue weighted by Crippen LogP contribution is 2.35. The van der Waals surface area contributed by atoms with Crippen LogP contribution in [0.2, 0.25) is 0 Å². The molecule has 1 fully saturated rings. The number of piperidine rings is 1. The normalized spacial score (nSPS) is 15.5. The van der Waals surface area contributed by atoms with E-state index in [1.165, 1.54) is 7.11 Å². The number of hydrogen-bond donors (Lipinski definition) is 1. The molecule has 138 valence electrons. The van der Waals surface area contributed by atoms with Gasteiger partial charge in [-0.3, -0.25) is 0 Å². The number of esters is 1. The second kappa shape index (κ2) is 7.92. The van der Waals surface area contributed by atoms with Gasteiger partial charge in [0.05, 0.1) is 24.2 Å². The molecule has 1 N–H and O–H groups in total. The molecule has 0 spiro atoms. The number of benzene rings is 2. The summed E-state index contributed by atoms with van der Waals surface area (Å²) in [7, 11) is 1.31. The van der Waals surface area contributed by atoms with Gasteiger partial charge in [0.15, 0.2) is 0 Å². The van der Waals surface area contributed by atoms with Crippen LogP contribution in [0.5, 0.6) is 0 Å². The van der Waals surface area contributed by atoms with Crippen molar-refractivity contribution in [3.8, 4) is 6.07 Å². The monoisotopic (exact) mass is 363 g/mol. The first-order chi connectivity index (χ1) is 13.1. The first-order valence-corrected chi connectivity index (χ1v) is 8.79. The number of rotatable bonds is 3. The zero-order chi connectivity index (χ0) is 19.3. The van der Waals surface area contributed by atoms with Crippen molar-refractivity contribution in [1.29, 1.82) is 5.26 Å².